The quantitative estimate of drug-likeness (QED) is 0.612. The van der Waals surface area contributed by atoms with Crippen LogP contribution in [0.1, 0.15) is 36.3 Å². The van der Waals surface area contributed by atoms with Gasteiger partial charge in [-0.05, 0) is 54.2 Å². The van der Waals surface area contributed by atoms with E-state index in [1.54, 1.807) is 0 Å². The van der Waals surface area contributed by atoms with Gasteiger partial charge in [-0.25, -0.2) is 4.79 Å². The van der Waals surface area contributed by atoms with Crippen LogP contribution in [0.5, 0.6) is 0 Å². The molecule has 2 N–H and O–H groups in total. The van der Waals surface area contributed by atoms with Crippen molar-refractivity contribution in [1.82, 2.24) is 20.4 Å². The SMILES string of the molecule is O=C1NC(=O)C(CC(=O)N2CC[C@H]3CCN(C(=O)C4C5Cc6c(Br)cccc6C54)C[C@H]32)N1. The maximum atomic E-state index is 13.4. The van der Waals surface area contributed by atoms with Crippen molar-refractivity contribution in [2.45, 2.75) is 43.7 Å². The van der Waals surface area contributed by atoms with Gasteiger partial charge in [0.15, 0.2) is 0 Å². The van der Waals surface area contributed by atoms with E-state index in [9.17, 15) is 19.2 Å². The fourth-order valence-electron chi connectivity index (χ4n) is 6.48. The highest BCUT2D eigenvalue weighted by Gasteiger charge is 2.61. The van der Waals surface area contributed by atoms with Crippen molar-refractivity contribution in [2.24, 2.45) is 17.8 Å². The zero-order valence-corrected chi connectivity index (χ0v) is 19.1. The van der Waals surface area contributed by atoms with E-state index in [1.165, 1.54) is 11.1 Å². The Labute approximate surface area is 194 Å². The lowest BCUT2D eigenvalue weighted by Gasteiger charge is -2.39. The van der Waals surface area contributed by atoms with Gasteiger partial charge in [-0.1, -0.05) is 28.1 Å². The number of carbonyl (C=O) groups excluding carboxylic acids is 4. The molecule has 5 amide bonds. The molecule has 32 heavy (non-hydrogen) atoms. The molecule has 1 aromatic rings. The monoisotopic (exact) mass is 500 g/mol. The molecular formula is C23H25BrN4O4. The standard InChI is InChI=1S/C23H25BrN4O4/c24-15-3-1-2-12-13(15)8-14-19(12)20(14)22(31)27-6-4-11-5-7-28(17(11)10-27)18(29)9-16-21(30)26-23(32)25-16/h1-3,11,14,16-17,19-20H,4-10H2,(H2,25,26,30,32)/t11-,14?,16?,17-,19?,20?/m1/s1. The minimum absolute atomic E-state index is 0.000358. The van der Waals surface area contributed by atoms with Crippen molar-refractivity contribution < 1.29 is 19.2 Å². The summed E-state index contributed by atoms with van der Waals surface area (Å²) in [6.07, 6.45) is 2.76. The first-order valence-electron chi connectivity index (χ1n) is 11.4. The van der Waals surface area contributed by atoms with Crippen molar-refractivity contribution in [3.05, 3.63) is 33.8 Å². The van der Waals surface area contributed by atoms with Gasteiger partial charge in [-0.15, -0.1) is 0 Å². The molecule has 0 bridgehead atoms. The predicted molar refractivity (Wildman–Crippen MR) is 117 cm³/mol. The summed E-state index contributed by atoms with van der Waals surface area (Å²) in [5, 5.41) is 4.67. The van der Waals surface area contributed by atoms with Gasteiger partial charge in [0, 0.05) is 30.0 Å². The molecule has 1 aromatic carbocycles. The third-order valence-electron chi connectivity index (χ3n) is 8.14. The van der Waals surface area contributed by atoms with Crippen LogP contribution in [-0.2, 0) is 20.8 Å². The second kappa shape index (κ2) is 7.30. The molecule has 3 aliphatic heterocycles. The minimum atomic E-state index is -0.805. The van der Waals surface area contributed by atoms with Crippen molar-refractivity contribution >= 4 is 39.7 Å². The van der Waals surface area contributed by atoms with Gasteiger partial charge in [0.1, 0.15) is 6.04 Å². The third-order valence-corrected chi connectivity index (χ3v) is 8.88. The highest BCUT2D eigenvalue weighted by molar-refractivity contribution is 9.10. The van der Waals surface area contributed by atoms with Crippen LogP contribution in [0.2, 0.25) is 0 Å². The number of amides is 5. The lowest BCUT2D eigenvalue weighted by atomic mass is 9.91. The van der Waals surface area contributed by atoms with Crippen molar-refractivity contribution in [3.63, 3.8) is 0 Å². The summed E-state index contributed by atoms with van der Waals surface area (Å²) in [6, 6.07) is 4.91. The summed E-state index contributed by atoms with van der Waals surface area (Å²) in [7, 11) is 0. The van der Waals surface area contributed by atoms with E-state index in [-0.39, 0.29) is 30.2 Å². The molecule has 1 saturated carbocycles. The molecule has 8 nitrogen and oxygen atoms in total. The molecular weight excluding hydrogens is 476 g/mol. The molecule has 5 aliphatic rings. The van der Waals surface area contributed by atoms with Gasteiger partial charge in [0.25, 0.3) is 5.91 Å². The van der Waals surface area contributed by atoms with E-state index < -0.39 is 18.0 Å². The van der Waals surface area contributed by atoms with Gasteiger partial charge >= 0.3 is 6.03 Å². The maximum Gasteiger partial charge on any atom is 0.322 e. The lowest BCUT2D eigenvalue weighted by molar-refractivity contribution is -0.140. The van der Waals surface area contributed by atoms with E-state index in [1.807, 2.05) is 15.9 Å². The summed E-state index contributed by atoms with van der Waals surface area (Å²) in [5.41, 5.74) is 2.66. The summed E-state index contributed by atoms with van der Waals surface area (Å²) >= 11 is 3.64. The third kappa shape index (κ3) is 3.08. The number of benzene rings is 1. The van der Waals surface area contributed by atoms with Crippen LogP contribution < -0.4 is 10.6 Å². The smallest absolute Gasteiger partial charge is 0.322 e. The summed E-state index contributed by atoms with van der Waals surface area (Å²) in [4.78, 5) is 53.3. The number of hydrogen-bond donors (Lipinski definition) is 2. The van der Waals surface area contributed by atoms with Crippen LogP contribution in [0, 0.1) is 17.8 Å². The van der Waals surface area contributed by atoms with E-state index in [4.69, 9.17) is 0 Å². The molecule has 3 heterocycles. The number of hydrogen-bond acceptors (Lipinski definition) is 4. The normalized spacial score (nSPS) is 34.5. The first kappa shape index (κ1) is 20.2. The number of carbonyl (C=O) groups is 4. The van der Waals surface area contributed by atoms with E-state index in [0.29, 0.717) is 30.8 Å². The molecule has 4 unspecified atom stereocenters. The van der Waals surface area contributed by atoms with Crippen LogP contribution in [0.25, 0.3) is 0 Å². The lowest BCUT2D eigenvalue weighted by Crippen LogP contribution is -2.52. The van der Waals surface area contributed by atoms with E-state index in [2.05, 4.69) is 38.7 Å². The van der Waals surface area contributed by atoms with Crippen molar-refractivity contribution in [1.29, 1.82) is 0 Å². The van der Waals surface area contributed by atoms with E-state index in [0.717, 1.165) is 30.3 Å². The van der Waals surface area contributed by atoms with Gasteiger partial charge in [0.2, 0.25) is 11.8 Å². The highest BCUT2D eigenvalue weighted by Crippen LogP contribution is 2.63. The number of nitrogens with zero attached hydrogens (tertiary/aromatic N) is 2. The van der Waals surface area contributed by atoms with Crippen LogP contribution in [0.3, 0.4) is 0 Å². The van der Waals surface area contributed by atoms with Crippen molar-refractivity contribution in [3.8, 4) is 0 Å². The van der Waals surface area contributed by atoms with E-state index >= 15 is 0 Å². The highest BCUT2D eigenvalue weighted by atomic mass is 79.9. The van der Waals surface area contributed by atoms with Crippen LogP contribution in [0.4, 0.5) is 4.79 Å². The van der Waals surface area contributed by atoms with Gasteiger partial charge in [-0.2, -0.15) is 0 Å². The van der Waals surface area contributed by atoms with Crippen LogP contribution in [-0.4, -0.2) is 65.3 Å². The average molecular weight is 501 g/mol. The van der Waals surface area contributed by atoms with Crippen LogP contribution >= 0.6 is 15.9 Å². The fourth-order valence-corrected chi connectivity index (χ4v) is 7.03. The first-order chi connectivity index (χ1) is 15.4. The Hall–Kier alpha value is -2.42. The summed E-state index contributed by atoms with van der Waals surface area (Å²) in [6.45, 7) is 1.97. The van der Waals surface area contributed by atoms with Gasteiger partial charge < -0.3 is 15.1 Å². The number of likely N-dealkylation sites (tertiary alicyclic amines) is 2. The number of imide groups is 1. The molecule has 6 rings (SSSR count). The Morgan fingerprint density at radius 2 is 1.97 bits per heavy atom. The molecule has 0 spiro atoms. The number of halogens is 1. The molecule has 6 atom stereocenters. The predicted octanol–water partition coefficient (Wildman–Crippen LogP) is 1.38. The zero-order valence-electron chi connectivity index (χ0n) is 17.6. The Morgan fingerprint density at radius 3 is 2.75 bits per heavy atom. The number of rotatable bonds is 3. The molecule has 3 saturated heterocycles. The second-order valence-electron chi connectivity index (χ2n) is 9.72. The molecule has 4 fully saturated rings. The Bertz CT molecular complexity index is 1040. The van der Waals surface area contributed by atoms with Gasteiger partial charge in [-0.3, -0.25) is 19.7 Å². The molecule has 168 valence electrons. The first-order valence-corrected chi connectivity index (χ1v) is 12.2. The largest absolute Gasteiger partial charge is 0.340 e. The number of urea groups is 1. The average Bonchev–Trinajstić information content (AvgIpc) is 3.04. The molecule has 0 radical (unpaired) electrons. The Balaban J connectivity index is 1.12. The van der Waals surface area contributed by atoms with Crippen molar-refractivity contribution in [2.75, 3.05) is 19.6 Å². The molecule has 9 heteroatoms. The van der Waals surface area contributed by atoms with Crippen LogP contribution in [0.15, 0.2) is 22.7 Å². The topological polar surface area (TPSA) is 98.8 Å². The zero-order chi connectivity index (χ0) is 22.1. The molecule has 0 aromatic heterocycles. The molecule has 2 aliphatic carbocycles. The summed E-state index contributed by atoms with van der Waals surface area (Å²) in [5.74, 6) is 0.841. The number of nitrogens with one attached hydrogen (secondary N) is 2. The fraction of sp³-hybridized carbons (Fsp3) is 0.565. The Kier molecular flexibility index (Phi) is 4.61. The number of piperidine rings is 1. The minimum Gasteiger partial charge on any atom is -0.340 e. The van der Waals surface area contributed by atoms with Gasteiger partial charge in [0.05, 0.1) is 12.5 Å². The number of fused-ring (bicyclic) bond motifs is 4. The Morgan fingerprint density at radius 1 is 1.16 bits per heavy atom. The second-order valence-corrected chi connectivity index (χ2v) is 10.6. The summed E-state index contributed by atoms with van der Waals surface area (Å²) < 4.78 is 1.14. The maximum absolute atomic E-state index is 13.4.